The van der Waals surface area contributed by atoms with Crippen molar-refractivity contribution in [2.75, 3.05) is 40.4 Å². The van der Waals surface area contributed by atoms with Gasteiger partial charge in [-0.25, -0.2) is 4.79 Å². The maximum Gasteiger partial charge on any atom is 0.407 e. The van der Waals surface area contributed by atoms with Crippen LogP contribution in [0.4, 0.5) is 4.79 Å². The molecular weight excluding hydrogens is 640 g/mol. The topological polar surface area (TPSA) is 94.2 Å². The fourth-order valence-electron chi connectivity index (χ4n) is 6.32. The Morgan fingerprint density at radius 2 is 0.941 bits per heavy atom. The second kappa shape index (κ2) is 31.7. The van der Waals surface area contributed by atoms with Crippen LogP contribution < -0.4 is 5.32 Å². The molecule has 0 aliphatic carbocycles. The summed E-state index contributed by atoms with van der Waals surface area (Å²) < 4.78 is 17.2. The molecule has 302 valence electrons. The van der Waals surface area contributed by atoms with Gasteiger partial charge in [-0.2, -0.15) is 0 Å². The van der Waals surface area contributed by atoms with Crippen molar-refractivity contribution in [3.05, 3.63) is 0 Å². The highest BCUT2D eigenvalue weighted by Crippen LogP contribution is 2.28. The normalized spacial score (nSPS) is 12.0. The average molecular weight is 725 g/mol. The van der Waals surface area contributed by atoms with Gasteiger partial charge in [0, 0.05) is 6.54 Å². The Bertz CT molecular complexity index is 805. The molecule has 0 radical (unpaired) electrons. The lowest BCUT2D eigenvalue weighted by molar-refractivity contribution is -0.155. The van der Waals surface area contributed by atoms with Crippen molar-refractivity contribution in [2.45, 2.75) is 208 Å². The molecule has 0 fully saturated rings. The molecule has 0 aromatic heterocycles. The molecule has 8 heteroatoms. The number of hydrogen-bond acceptors (Lipinski definition) is 7. The zero-order chi connectivity index (χ0) is 38.2. The third-order valence-corrected chi connectivity index (χ3v) is 10.0. The van der Waals surface area contributed by atoms with Crippen LogP contribution in [0.5, 0.6) is 0 Å². The number of amides is 1. The first kappa shape index (κ1) is 49.2. The second-order valence-corrected chi connectivity index (χ2v) is 16.6. The highest BCUT2D eigenvalue weighted by molar-refractivity contribution is 5.76. The summed E-state index contributed by atoms with van der Waals surface area (Å²) in [5.74, 6) is -0.185. The largest absolute Gasteiger partial charge is 0.465 e. The average Bonchev–Trinajstić information content (AvgIpc) is 3.08. The minimum Gasteiger partial charge on any atom is -0.465 e. The van der Waals surface area contributed by atoms with Crippen LogP contribution in [-0.4, -0.2) is 69.4 Å². The molecule has 1 amide bonds. The van der Waals surface area contributed by atoms with Crippen LogP contribution in [0.1, 0.15) is 202 Å². The number of unbranched alkanes of at least 4 members (excludes halogenated alkanes) is 16. The van der Waals surface area contributed by atoms with Crippen LogP contribution >= 0.6 is 0 Å². The lowest BCUT2D eigenvalue weighted by Crippen LogP contribution is -2.31. The van der Waals surface area contributed by atoms with E-state index in [0.717, 1.165) is 103 Å². The van der Waals surface area contributed by atoms with Crippen molar-refractivity contribution >= 4 is 18.0 Å². The summed E-state index contributed by atoms with van der Waals surface area (Å²) >= 11 is 0. The maximum atomic E-state index is 12.7. The number of carbonyl (C=O) groups is 3. The van der Waals surface area contributed by atoms with Gasteiger partial charge >= 0.3 is 18.0 Å². The van der Waals surface area contributed by atoms with E-state index in [1.54, 1.807) is 0 Å². The highest BCUT2D eigenvalue weighted by atomic mass is 16.6. The van der Waals surface area contributed by atoms with E-state index in [2.05, 4.69) is 24.1 Å². The van der Waals surface area contributed by atoms with E-state index in [1.165, 1.54) is 64.2 Å². The predicted molar refractivity (Wildman–Crippen MR) is 213 cm³/mol. The number of nitrogens with one attached hydrogen (secondary N) is 1. The number of carbonyl (C=O) groups excluding carboxylic acids is 3. The smallest absolute Gasteiger partial charge is 0.407 e. The summed E-state index contributed by atoms with van der Waals surface area (Å²) in [6.07, 6.45) is 26.2. The van der Waals surface area contributed by atoms with Gasteiger partial charge in [-0.15, -0.1) is 0 Å². The molecule has 0 heterocycles. The molecule has 0 unspecified atom stereocenters. The first-order valence-electron chi connectivity index (χ1n) is 21.3. The molecule has 0 rings (SSSR count). The van der Waals surface area contributed by atoms with Crippen molar-refractivity contribution in [3.63, 3.8) is 0 Å². The van der Waals surface area contributed by atoms with Crippen LogP contribution in [-0.2, 0) is 23.8 Å². The number of alkyl carbamates (subject to hydrolysis) is 1. The van der Waals surface area contributed by atoms with E-state index in [4.69, 9.17) is 14.2 Å². The van der Waals surface area contributed by atoms with E-state index in [-0.39, 0.29) is 24.1 Å². The van der Waals surface area contributed by atoms with E-state index in [1.807, 2.05) is 41.8 Å². The molecule has 0 saturated heterocycles. The third kappa shape index (κ3) is 29.3. The second-order valence-electron chi connectivity index (χ2n) is 16.6. The van der Waals surface area contributed by atoms with Crippen LogP contribution in [0, 0.1) is 10.8 Å². The van der Waals surface area contributed by atoms with Crippen LogP contribution in [0.2, 0.25) is 0 Å². The van der Waals surface area contributed by atoms with Crippen molar-refractivity contribution < 1.29 is 28.6 Å². The molecule has 0 aliphatic heterocycles. The zero-order valence-corrected chi connectivity index (χ0v) is 35.0. The van der Waals surface area contributed by atoms with Gasteiger partial charge < -0.3 is 24.4 Å². The van der Waals surface area contributed by atoms with Gasteiger partial charge in [-0.1, -0.05) is 117 Å². The number of ether oxygens (including phenoxy) is 3. The van der Waals surface area contributed by atoms with Crippen molar-refractivity contribution in [1.29, 1.82) is 0 Å². The molecule has 0 atom stereocenters. The van der Waals surface area contributed by atoms with Gasteiger partial charge in [0.2, 0.25) is 0 Å². The first-order valence-corrected chi connectivity index (χ1v) is 21.3. The predicted octanol–water partition coefficient (Wildman–Crippen LogP) is 11.6. The van der Waals surface area contributed by atoms with Gasteiger partial charge in [0.1, 0.15) is 6.10 Å². The minimum absolute atomic E-state index is 0.0924. The summed E-state index contributed by atoms with van der Waals surface area (Å²) in [6, 6.07) is 0. The minimum atomic E-state index is -0.489. The molecule has 8 nitrogen and oxygen atoms in total. The number of nitrogens with zero attached hydrogens (tertiary/aromatic N) is 1. The standard InChI is InChI=1S/C43H84N2O6/c1-9-11-13-15-17-19-27-36-49-39(46)42(3,4)32-25-21-23-30-38(51-41(48)44-34-29-35-45(7)8)31-24-22-26-33-43(5,6)40(47)50-37-28-20-18-16-14-12-10-2/h38H,9-37H2,1-8H3,(H,44,48). The van der Waals surface area contributed by atoms with E-state index < -0.39 is 10.8 Å². The van der Waals surface area contributed by atoms with Crippen LogP contribution in [0.3, 0.4) is 0 Å². The molecule has 0 aromatic rings. The molecule has 1 N–H and O–H groups in total. The summed E-state index contributed by atoms with van der Waals surface area (Å²) in [6.45, 7) is 15.0. The van der Waals surface area contributed by atoms with Crippen molar-refractivity contribution in [2.24, 2.45) is 10.8 Å². The Labute approximate surface area is 315 Å². The molecule has 0 bridgehead atoms. The quantitative estimate of drug-likeness (QED) is 0.0395. The fraction of sp³-hybridized carbons (Fsp3) is 0.930. The van der Waals surface area contributed by atoms with Crippen molar-refractivity contribution in [3.8, 4) is 0 Å². The van der Waals surface area contributed by atoms with Crippen LogP contribution in [0.15, 0.2) is 0 Å². The third-order valence-electron chi connectivity index (χ3n) is 10.0. The lowest BCUT2D eigenvalue weighted by Gasteiger charge is -2.23. The van der Waals surface area contributed by atoms with E-state index >= 15 is 0 Å². The highest BCUT2D eigenvalue weighted by Gasteiger charge is 2.29. The number of hydrogen-bond donors (Lipinski definition) is 1. The first-order chi connectivity index (χ1) is 24.4. The molecule has 0 spiro atoms. The number of esters is 2. The van der Waals surface area contributed by atoms with Gasteiger partial charge in [-0.3, -0.25) is 9.59 Å². The summed E-state index contributed by atoms with van der Waals surface area (Å²) in [5.41, 5.74) is -0.977. The fourth-order valence-corrected chi connectivity index (χ4v) is 6.32. The monoisotopic (exact) mass is 725 g/mol. The SMILES string of the molecule is CCCCCCCCCOC(=O)C(C)(C)CCCCCC(CCCCCC(C)(C)C(=O)OCCCCCCCCC)OC(=O)NCCCN(C)C. The van der Waals surface area contributed by atoms with Gasteiger partial charge in [0.15, 0.2) is 0 Å². The van der Waals surface area contributed by atoms with E-state index in [9.17, 15) is 14.4 Å². The summed E-state index contributed by atoms with van der Waals surface area (Å²) in [7, 11) is 4.05. The zero-order valence-electron chi connectivity index (χ0n) is 35.0. The Kier molecular flexibility index (Phi) is 30.5. The van der Waals surface area contributed by atoms with Gasteiger partial charge in [0.05, 0.1) is 24.0 Å². The lowest BCUT2D eigenvalue weighted by atomic mass is 9.86. The summed E-state index contributed by atoms with van der Waals surface area (Å²) in [5, 5.41) is 2.92. The van der Waals surface area contributed by atoms with E-state index in [0.29, 0.717) is 19.8 Å². The molecule has 51 heavy (non-hydrogen) atoms. The molecule has 0 aromatic carbocycles. The Balaban J connectivity index is 4.55. The Hall–Kier alpha value is -1.83. The maximum absolute atomic E-state index is 12.7. The number of rotatable bonds is 35. The molecule has 0 aliphatic rings. The van der Waals surface area contributed by atoms with Gasteiger partial charge in [-0.05, 0) is 106 Å². The Morgan fingerprint density at radius 1 is 0.549 bits per heavy atom. The molecule has 0 saturated carbocycles. The Morgan fingerprint density at radius 3 is 1.35 bits per heavy atom. The van der Waals surface area contributed by atoms with Crippen molar-refractivity contribution in [1.82, 2.24) is 10.2 Å². The molecular formula is C43H84N2O6. The van der Waals surface area contributed by atoms with Gasteiger partial charge in [0.25, 0.3) is 0 Å². The van der Waals surface area contributed by atoms with Crippen LogP contribution in [0.25, 0.3) is 0 Å². The summed E-state index contributed by atoms with van der Waals surface area (Å²) in [4.78, 5) is 40.2.